The Morgan fingerprint density at radius 2 is 2.08 bits per heavy atom. The zero-order valence-corrected chi connectivity index (χ0v) is 15.7. The molecule has 7 heteroatoms. The second-order valence-electron chi connectivity index (χ2n) is 7.48. The van der Waals surface area contributed by atoms with E-state index in [0.717, 1.165) is 25.8 Å². The van der Waals surface area contributed by atoms with Crippen molar-refractivity contribution in [2.75, 3.05) is 13.7 Å². The van der Waals surface area contributed by atoms with Gasteiger partial charge in [0.15, 0.2) is 5.69 Å². The fourth-order valence-corrected chi connectivity index (χ4v) is 3.94. The van der Waals surface area contributed by atoms with E-state index in [9.17, 15) is 9.59 Å². The molecule has 1 aliphatic carbocycles. The van der Waals surface area contributed by atoms with Crippen LogP contribution in [0.4, 0.5) is 0 Å². The van der Waals surface area contributed by atoms with Crippen molar-refractivity contribution >= 4 is 11.8 Å². The minimum atomic E-state index is -0.305. The largest absolute Gasteiger partial charge is 0.481 e. The lowest BCUT2D eigenvalue weighted by molar-refractivity contribution is -0.142. The van der Waals surface area contributed by atoms with Gasteiger partial charge in [-0.1, -0.05) is 20.8 Å². The Labute approximate surface area is 148 Å². The fraction of sp³-hybridized carbons (Fsp3) is 0.722. The molecule has 1 saturated carbocycles. The predicted molar refractivity (Wildman–Crippen MR) is 93.3 cm³/mol. The number of ether oxygens (including phenoxy) is 1. The molecule has 1 N–H and O–H groups in total. The molecule has 0 spiro atoms. The van der Waals surface area contributed by atoms with Crippen LogP contribution in [0.15, 0.2) is 6.07 Å². The number of carbonyl (C=O) groups is 2. The van der Waals surface area contributed by atoms with Crippen LogP contribution in [0.1, 0.15) is 50.5 Å². The Morgan fingerprint density at radius 3 is 2.64 bits per heavy atom. The molecule has 0 aromatic carbocycles. The normalized spacial score (nSPS) is 24.8. The first-order chi connectivity index (χ1) is 11.8. The quantitative estimate of drug-likeness (QED) is 0.847. The summed E-state index contributed by atoms with van der Waals surface area (Å²) in [7, 11) is 3.28. The number of rotatable bonds is 6. The number of nitrogens with zero attached hydrogens (tertiary/aromatic N) is 3. The molecule has 2 bridgehead atoms. The first-order valence-corrected chi connectivity index (χ1v) is 9.04. The fourth-order valence-electron chi connectivity index (χ4n) is 3.94. The predicted octanol–water partition coefficient (Wildman–Crippen LogP) is 1.58. The van der Waals surface area contributed by atoms with E-state index < -0.39 is 0 Å². The number of amides is 2. The Bertz CT molecular complexity index is 680. The zero-order valence-electron chi connectivity index (χ0n) is 15.7. The van der Waals surface area contributed by atoms with Crippen LogP contribution < -0.4 is 10.1 Å². The Balaban J connectivity index is 1.66. The molecule has 7 nitrogen and oxygen atoms in total. The minimum absolute atomic E-state index is 0.0300. The van der Waals surface area contributed by atoms with Crippen molar-refractivity contribution in [3.8, 4) is 5.88 Å². The van der Waals surface area contributed by atoms with E-state index in [0.29, 0.717) is 17.5 Å². The van der Waals surface area contributed by atoms with Crippen molar-refractivity contribution in [2.24, 2.45) is 18.4 Å². The highest BCUT2D eigenvalue weighted by Crippen LogP contribution is 2.44. The maximum atomic E-state index is 12.9. The summed E-state index contributed by atoms with van der Waals surface area (Å²) in [5, 5.41) is 7.25. The summed E-state index contributed by atoms with van der Waals surface area (Å²) in [6.45, 7) is 6.92. The van der Waals surface area contributed by atoms with Crippen LogP contribution in [0.3, 0.4) is 0 Å². The van der Waals surface area contributed by atoms with Gasteiger partial charge in [-0.2, -0.15) is 5.10 Å². The molecule has 0 radical (unpaired) electrons. The number of aromatic nitrogens is 2. The van der Waals surface area contributed by atoms with Gasteiger partial charge in [-0.3, -0.25) is 9.59 Å². The molecule has 2 amide bonds. The van der Waals surface area contributed by atoms with E-state index in [1.807, 2.05) is 11.8 Å². The van der Waals surface area contributed by atoms with Gasteiger partial charge in [-0.15, -0.1) is 0 Å². The van der Waals surface area contributed by atoms with Crippen LogP contribution in [0.5, 0.6) is 5.88 Å². The molecule has 2 saturated heterocycles. The van der Waals surface area contributed by atoms with Crippen molar-refractivity contribution in [3.05, 3.63) is 11.8 Å². The summed E-state index contributed by atoms with van der Waals surface area (Å²) >= 11 is 0. The van der Waals surface area contributed by atoms with Crippen LogP contribution in [0.25, 0.3) is 0 Å². The van der Waals surface area contributed by atoms with Gasteiger partial charge in [0.1, 0.15) is 0 Å². The van der Waals surface area contributed by atoms with Crippen LogP contribution in [0, 0.1) is 11.3 Å². The highest BCUT2D eigenvalue weighted by atomic mass is 16.5. The van der Waals surface area contributed by atoms with E-state index in [2.05, 4.69) is 24.3 Å². The Kier molecular flexibility index (Phi) is 4.51. The Morgan fingerprint density at radius 1 is 1.40 bits per heavy atom. The molecule has 4 rings (SSSR count). The van der Waals surface area contributed by atoms with Gasteiger partial charge in [0.05, 0.1) is 19.2 Å². The topological polar surface area (TPSA) is 76.5 Å². The van der Waals surface area contributed by atoms with E-state index in [4.69, 9.17) is 4.74 Å². The van der Waals surface area contributed by atoms with E-state index in [1.165, 1.54) is 4.68 Å². The highest BCUT2D eigenvalue weighted by Gasteiger charge is 2.56. The second kappa shape index (κ2) is 6.35. The van der Waals surface area contributed by atoms with E-state index in [-0.39, 0.29) is 29.3 Å². The second-order valence-corrected chi connectivity index (χ2v) is 7.48. The third kappa shape index (κ3) is 2.79. The molecule has 3 heterocycles. The first-order valence-electron chi connectivity index (χ1n) is 9.04. The molecule has 3 unspecified atom stereocenters. The lowest BCUT2D eigenvalue weighted by Gasteiger charge is -2.39. The molecular weight excluding hydrogens is 320 g/mol. The van der Waals surface area contributed by atoms with Gasteiger partial charge in [0, 0.05) is 31.0 Å². The number of nitrogens with one attached hydrogen (secondary N) is 1. The van der Waals surface area contributed by atoms with E-state index in [1.54, 1.807) is 20.2 Å². The maximum absolute atomic E-state index is 12.9. The van der Waals surface area contributed by atoms with Crippen molar-refractivity contribution in [3.63, 3.8) is 0 Å². The summed E-state index contributed by atoms with van der Waals surface area (Å²) in [5.41, 5.74) is 0.0379. The molecule has 3 atom stereocenters. The smallest absolute Gasteiger partial charge is 0.272 e. The summed E-state index contributed by atoms with van der Waals surface area (Å²) in [5.74, 6) is 0.907. The molecular formula is C18H28N4O3. The molecule has 3 fully saturated rings. The SMILES string of the molecule is CCC(C)(CC)C(=O)N1CC2CC1C2NC(=O)c1cc(OC)n(C)n1. The van der Waals surface area contributed by atoms with Crippen molar-refractivity contribution in [2.45, 2.75) is 52.1 Å². The van der Waals surface area contributed by atoms with Gasteiger partial charge in [0.25, 0.3) is 5.91 Å². The minimum Gasteiger partial charge on any atom is -0.481 e. The molecule has 138 valence electrons. The monoisotopic (exact) mass is 348 g/mol. The van der Waals surface area contributed by atoms with Crippen molar-refractivity contribution in [1.82, 2.24) is 20.0 Å². The molecule has 1 aromatic heterocycles. The number of fused-ring (bicyclic) bond motifs is 1. The Hall–Kier alpha value is -2.05. The number of hydrogen-bond donors (Lipinski definition) is 1. The summed E-state index contributed by atoms with van der Waals surface area (Å²) in [4.78, 5) is 27.4. The van der Waals surface area contributed by atoms with Crippen LogP contribution in [-0.2, 0) is 11.8 Å². The van der Waals surface area contributed by atoms with Gasteiger partial charge >= 0.3 is 0 Å². The number of hydrogen-bond acceptors (Lipinski definition) is 4. The van der Waals surface area contributed by atoms with Crippen LogP contribution in [-0.4, -0.2) is 52.2 Å². The first kappa shape index (κ1) is 17.8. The third-order valence-corrected chi connectivity index (χ3v) is 6.21. The molecule has 1 aromatic rings. The third-order valence-electron chi connectivity index (χ3n) is 6.21. The number of carbonyl (C=O) groups excluding carboxylic acids is 2. The van der Waals surface area contributed by atoms with Crippen LogP contribution in [0.2, 0.25) is 0 Å². The van der Waals surface area contributed by atoms with Crippen LogP contribution >= 0.6 is 0 Å². The van der Waals surface area contributed by atoms with E-state index >= 15 is 0 Å². The lowest BCUT2D eigenvalue weighted by atomic mass is 9.79. The molecule has 3 aliphatic rings. The lowest BCUT2D eigenvalue weighted by Crippen LogP contribution is -2.56. The van der Waals surface area contributed by atoms with Crippen molar-refractivity contribution < 1.29 is 14.3 Å². The van der Waals surface area contributed by atoms with Crippen molar-refractivity contribution in [1.29, 1.82) is 0 Å². The average molecular weight is 348 g/mol. The van der Waals surface area contributed by atoms with Gasteiger partial charge in [0.2, 0.25) is 11.8 Å². The molecule has 2 aliphatic heterocycles. The zero-order chi connectivity index (χ0) is 18.4. The van der Waals surface area contributed by atoms with Gasteiger partial charge in [-0.25, -0.2) is 4.68 Å². The highest BCUT2D eigenvalue weighted by molar-refractivity contribution is 5.93. The van der Waals surface area contributed by atoms with Gasteiger partial charge in [-0.05, 0) is 19.3 Å². The maximum Gasteiger partial charge on any atom is 0.272 e. The standard InChI is InChI=1S/C18H28N4O3/c1-6-18(3,7-2)17(24)22-10-11-8-13(22)15(11)19-16(23)12-9-14(25-5)21(4)20-12/h9,11,13,15H,6-8,10H2,1-5H3,(H,19,23). The summed E-state index contributed by atoms with van der Waals surface area (Å²) in [6.07, 6.45) is 2.65. The number of aryl methyl sites for hydroxylation is 1. The molecule has 25 heavy (non-hydrogen) atoms. The summed E-state index contributed by atoms with van der Waals surface area (Å²) in [6, 6.07) is 1.77. The summed E-state index contributed by atoms with van der Waals surface area (Å²) < 4.78 is 6.69. The number of methoxy groups -OCH3 is 1. The van der Waals surface area contributed by atoms with Gasteiger partial charge < -0.3 is 15.0 Å². The average Bonchev–Trinajstić information content (AvgIpc) is 3.30.